The third-order valence-corrected chi connectivity index (χ3v) is 12.8. The molecule has 0 aliphatic carbocycles. The first-order valence-electron chi connectivity index (χ1n) is 21.0. The Bertz CT molecular complexity index is 3510. The van der Waals surface area contributed by atoms with Crippen LogP contribution < -0.4 is 4.90 Å². The fourth-order valence-electron chi connectivity index (χ4n) is 9.88. The van der Waals surface area contributed by atoms with Crippen molar-refractivity contribution in [3.63, 3.8) is 0 Å². The zero-order valence-corrected chi connectivity index (χ0v) is 33.9. The summed E-state index contributed by atoms with van der Waals surface area (Å²) in [5.41, 5.74) is 15.8. The van der Waals surface area contributed by atoms with Crippen molar-refractivity contribution >= 4 is 60.5 Å². The standard InChI is InChI=1S/C57H40N4/c1-57(2)46-27-12-14-29-49(46)60(42-22-7-4-8-23-42)52-36-40(31-33-47(52)57)39-20-15-21-41(35-39)44-26-16-30-50-54(44)53-43-24-10-9-17-37(43)32-34-51(53)61(50)56-58-48-28-13-11-25-45(48)55(59-56)38-18-5-3-6-19-38/h3-36H,1-2H3. The monoisotopic (exact) mass is 780 g/mol. The van der Waals surface area contributed by atoms with Gasteiger partial charge in [-0.05, 0) is 92.7 Å². The molecule has 2 aromatic heterocycles. The molecule has 0 spiro atoms. The van der Waals surface area contributed by atoms with E-state index in [1.54, 1.807) is 0 Å². The largest absolute Gasteiger partial charge is 0.310 e. The summed E-state index contributed by atoms with van der Waals surface area (Å²) >= 11 is 0. The van der Waals surface area contributed by atoms with Crippen molar-refractivity contribution in [3.05, 3.63) is 217 Å². The molecule has 9 aromatic carbocycles. The molecule has 11 aromatic rings. The van der Waals surface area contributed by atoms with Gasteiger partial charge in [0.05, 0.1) is 33.6 Å². The Morgan fingerprint density at radius 1 is 0.426 bits per heavy atom. The van der Waals surface area contributed by atoms with Gasteiger partial charge in [0.25, 0.3) is 0 Å². The Balaban J connectivity index is 1.07. The Morgan fingerprint density at radius 2 is 1.08 bits per heavy atom. The second-order valence-corrected chi connectivity index (χ2v) is 16.6. The van der Waals surface area contributed by atoms with E-state index in [0.29, 0.717) is 5.95 Å². The van der Waals surface area contributed by atoms with Gasteiger partial charge in [-0.3, -0.25) is 4.57 Å². The molecule has 0 bridgehead atoms. The third kappa shape index (κ3) is 5.46. The highest BCUT2D eigenvalue weighted by atomic mass is 15.2. The summed E-state index contributed by atoms with van der Waals surface area (Å²) in [6.45, 7) is 4.69. The zero-order valence-electron chi connectivity index (χ0n) is 33.9. The highest BCUT2D eigenvalue weighted by molar-refractivity contribution is 6.25. The summed E-state index contributed by atoms with van der Waals surface area (Å²) in [4.78, 5) is 13.1. The highest BCUT2D eigenvalue weighted by Crippen LogP contribution is 2.53. The minimum atomic E-state index is -0.166. The van der Waals surface area contributed by atoms with Gasteiger partial charge in [-0.25, -0.2) is 9.97 Å². The summed E-state index contributed by atoms with van der Waals surface area (Å²) in [5.74, 6) is 0.653. The van der Waals surface area contributed by atoms with Gasteiger partial charge in [-0.15, -0.1) is 0 Å². The van der Waals surface area contributed by atoms with Gasteiger partial charge in [0.2, 0.25) is 5.95 Å². The molecule has 4 nitrogen and oxygen atoms in total. The normalized spacial score (nSPS) is 13.2. The number of hydrogen-bond donors (Lipinski definition) is 0. The molecule has 0 radical (unpaired) electrons. The molecule has 0 fully saturated rings. The molecule has 0 N–H and O–H groups in total. The number of anilines is 3. The predicted octanol–water partition coefficient (Wildman–Crippen LogP) is 15.0. The Labute approximate surface area is 354 Å². The van der Waals surface area contributed by atoms with E-state index in [9.17, 15) is 0 Å². The maximum Gasteiger partial charge on any atom is 0.235 e. The molecular formula is C57H40N4. The molecule has 0 unspecified atom stereocenters. The lowest BCUT2D eigenvalue weighted by molar-refractivity contribution is 0.632. The minimum Gasteiger partial charge on any atom is -0.310 e. The van der Waals surface area contributed by atoms with E-state index in [2.05, 4.69) is 224 Å². The second-order valence-electron chi connectivity index (χ2n) is 16.6. The number of rotatable bonds is 5. The lowest BCUT2D eigenvalue weighted by Gasteiger charge is -2.42. The van der Waals surface area contributed by atoms with E-state index >= 15 is 0 Å². The lowest BCUT2D eigenvalue weighted by atomic mass is 9.73. The van der Waals surface area contributed by atoms with Crippen LogP contribution in [0.5, 0.6) is 0 Å². The van der Waals surface area contributed by atoms with Gasteiger partial charge >= 0.3 is 0 Å². The quantitative estimate of drug-likeness (QED) is 0.174. The van der Waals surface area contributed by atoms with Crippen LogP contribution in [0.3, 0.4) is 0 Å². The van der Waals surface area contributed by atoms with Gasteiger partial charge < -0.3 is 4.90 Å². The highest BCUT2D eigenvalue weighted by Gasteiger charge is 2.37. The van der Waals surface area contributed by atoms with Crippen molar-refractivity contribution in [3.8, 4) is 39.5 Å². The van der Waals surface area contributed by atoms with Crippen molar-refractivity contribution in [2.45, 2.75) is 19.3 Å². The van der Waals surface area contributed by atoms with Gasteiger partial charge in [-0.2, -0.15) is 0 Å². The zero-order chi connectivity index (χ0) is 40.7. The smallest absolute Gasteiger partial charge is 0.235 e. The van der Waals surface area contributed by atoms with Crippen LogP contribution in [0.1, 0.15) is 25.0 Å². The van der Waals surface area contributed by atoms with Gasteiger partial charge in [0.15, 0.2) is 0 Å². The van der Waals surface area contributed by atoms with Crippen LogP contribution >= 0.6 is 0 Å². The summed E-state index contributed by atoms with van der Waals surface area (Å²) in [6, 6.07) is 74.3. The molecule has 0 atom stereocenters. The molecule has 4 heteroatoms. The average Bonchev–Trinajstić information content (AvgIpc) is 3.67. The molecule has 0 saturated heterocycles. The number of hydrogen-bond acceptors (Lipinski definition) is 3. The molecule has 61 heavy (non-hydrogen) atoms. The van der Waals surface area contributed by atoms with Crippen LogP contribution in [-0.4, -0.2) is 14.5 Å². The Kier molecular flexibility index (Phi) is 7.85. The Hall–Kier alpha value is -7.82. The molecule has 1 aliphatic rings. The first-order valence-corrected chi connectivity index (χ1v) is 21.0. The van der Waals surface area contributed by atoms with Crippen LogP contribution in [0.4, 0.5) is 17.1 Å². The van der Waals surface area contributed by atoms with Crippen molar-refractivity contribution in [2.75, 3.05) is 4.90 Å². The third-order valence-electron chi connectivity index (χ3n) is 12.8. The maximum absolute atomic E-state index is 5.39. The number of benzene rings is 9. The fraction of sp³-hybridized carbons (Fsp3) is 0.0526. The van der Waals surface area contributed by atoms with Crippen LogP contribution in [0.2, 0.25) is 0 Å². The van der Waals surface area contributed by atoms with Gasteiger partial charge in [0, 0.05) is 32.8 Å². The van der Waals surface area contributed by atoms with E-state index in [4.69, 9.17) is 9.97 Å². The first kappa shape index (κ1) is 35.2. The van der Waals surface area contributed by atoms with Gasteiger partial charge in [0.1, 0.15) is 0 Å². The molecule has 0 saturated carbocycles. The summed E-state index contributed by atoms with van der Waals surface area (Å²) in [7, 11) is 0. The van der Waals surface area contributed by atoms with Crippen LogP contribution in [-0.2, 0) is 5.41 Å². The summed E-state index contributed by atoms with van der Waals surface area (Å²) in [5, 5.41) is 5.81. The fourth-order valence-corrected chi connectivity index (χ4v) is 9.88. The first-order chi connectivity index (χ1) is 30.0. The summed E-state index contributed by atoms with van der Waals surface area (Å²) in [6.07, 6.45) is 0. The predicted molar refractivity (Wildman–Crippen MR) is 255 cm³/mol. The minimum absolute atomic E-state index is 0.166. The number of fused-ring (bicyclic) bond motifs is 8. The van der Waals surface area contributed by atoms with Crippen molar-refractivity contribution in [1.29, 1.82) is 0 Å². The molecule has 0 amide bonds. The SMILES string of the molecule is CC1(C)c2ccccc2N(c2ccccc2)c2cc(-c3cccc(-c4cccc5c4c4c6ccccc6ccc4n5-c4nc(-c5ccccc5)c5ccccc5n4)c3)ccc21. The van der Waals surface area contributed by atoms with Crippen LogP contribution in [0.25, 0.3) is 82.9 Å². The van der Waals surface area contributed by atoms with Crippen molar-refractivity contribution < 1.29 is 0 Å². The molecule has 1 aliphatic heterocycles. The van der Waals surface area contributed by atoms with Crippen molar-refractivity contribution in [2.24, 2.45) is 0 Å². The van der Waals surface area contributed by atoms with E-state index in [-0.39, 0.29) is 5.41 Å². The van der Waals surface area contributed by atoms with E-state index < -0.39 is 0 Å². The van der Waals surface area contributed by atoms with Gasteiger partial charge in [-0.1, -0.05) is 172 Å². The second kappa shape index (κ2) is 13.6. The number of para-hydroxylation sites is 3. The average molecular weight is 781 g/mol. The van der Waals surface area contributed by atoms with Crippen molar-refractivity contribution in [1.82, 2.24) is 14.5 Å². The molecule has 288 valence electrons. The number of nitrogens with zero attached hydrogens (tertiary/aromatic N) is 4. The van der Waals surface area contributed by atoms with Crippen LogP contribution in [0.15, 0.2) is 206 Å². The lowest BCUT2D eigenvalue weighted by Crippen LogP contribution is -2.30. The topological polar surface area (TPSA) is 34.0 Å². The summed E-state index contributed by atoms with van der Waals surface area (Å²) < 4.78 is 2.27. The molecular weight excluding hydrogens is 741 g/mol. The van der Waals surface area contributed by atoms with E-state index in [1.807, 2.05) is 6.07 Å². The Morgan fingerprint density at radius 3 is 1.95 bits per heavy atom. The number of aromatic nitrogens is 3. The molecule has 12 rings (SSSR count). The molecule has 3 heterocycles. The maximum atomic E-state index is 5.39. The van der Waals surface area contributed by atoms with E-state index in [1.165, 1.54) is 60.7 Å². The van der Waals surface area contributed by atoms with E-state index in [0.717, 1.165) is 44.4 Å². The van der Waals surface area contributed by atoms with Crippen LogP contribution in [0, 0.1) is 0 Å².